The number of nitrogens with zero attached hydrogens (tertiary/aromatic N) is 2. The third kappa shape index (κ3) is 4.94. The quantitative estimate of drug-likeness (QED) is 0.699. The lowest BCUT2D eigenvalue weighted by atomic mass is 10.2. The fourth-order valence-corrected chi connectivity index (χ4v) is 2.92. The van der Waals surface area contributed by atoms with Gasteiger partial charge in [-0.3, -0.25) is 4.68 Å². The largest absolute Gasteiger partial charge is 0.334 e. The van der Waals surface area contributed by atoms with Gasteiger partial charge in [0.25, 0.3) is 0 Å². The lowest BCUT2D eigenvalue weighted by Gasteiger charge is -2.09. The molecule has 0 atom stereocenters. The van der Waals surface area contributed by atoms with Crippen LogP contribution >= 0.6 is 0 Å². The number of hydrogen-bond donors (Lipinski definition) is 2. The van der Waals surface area contributed by atoms with Crippen molar-refractivity contribution < 1.29 is 9.18 Å². The summed E-state index contributed by atoms with van der Waals surface area (Å²) < 4.78 is 14.9. The number of aryl methyl sites for hydroxylation is 1. The van der Waals surface area contributed by atoms with Gasteiger partial charge in [0.05, 0.1) is 12.2 Å². The summed E-state index contributed by atoms with van der Waals surface area (Å²) in [6.07, 6.45) is 0. The Bertz CT molecular complexity index is 904. The van der Waals surface area contributed by atoms with E-state index in [1.807, 2.05) is 36.7 Å². The molecule has 0 fully saturated rings. The van der Waals surface area contributed by atoms with Crippen molar-refractivity contribution in [3.8, 4) is 0 Å². The zero-order valence-corrected chi connectivity index (χ0v) is 15.5. The monoisotopic (exact) mass is 366 g/mol. The number of nitrogens with one attached hydrogen (secondary N) is 2. The summed E-state index contributed by atoms with van der Waals surface area (Å²) in [6, 6.07) is 15.9. The van der Waals surface area contributed by atoms with E-state index in [-0.39, 0.29) is 11.8 Å². The molecular formula is C21H23FN4O. The minimum atomic E-state index is -0.290. The molecule has 3 aromatic rings. The molecule has 0 saturated carbocycles. The lowest BCUT2D eigenvalue weighted by molar-refractivity contribution is 0.240. The Morgan fingerprint density at radius 3 is 2.33 bits per heavy atom. The van der Waals surface area contributed by atoms with Crippen LogP contribution in [-0.2, 0) is 19.6 Å². The zero-order chi connectivity index (χ0) is 19.2. The summed E-state index contributed by atoms with van der Waals surface area (Å²) in [4.78, 5) is 12.1. The van der Waals surface area contributed by atoms with Crippen LogP contribution in [0.25, 0.3) is 0 Å². The molecule has 0 saturated heterocycles. The maximum Gasteiger partial charge on any atom is 0.315 e. The van der Waals surface area contributed by atoms with Gasteiger partial charge in [0, 0.05) is 24.3 Å². The maximum atomic E-state index is 12.9. The van der Waals surface area contributed by atoms with Crippen molar-refractivity contribution in [1.82, 2.24) is 20.4 Å². The van der Waals surface area contributed by atoms with Crippen molar-refractivity contribution in [1.29, 1.82) is 0 Å². The first-order chi connectivity index (χ1) is 13.0. The number of benzene rings is 2. The Morgan fingerprint density at radius 1 is 0.963 bits per heavy atom. The van der Waals surface area contributed by atoms with E-state index in [9.17, 15) is 9.18 Å². The van der Waals surface area contributed by atoms with E-state index < -0.39 is 0 Å². The lowest BCUT2D eigenvalue weighted by Crippen LogP contribution is -2.34. The second-order valence-electron chi connectivity index (χ2n) is 6.46. The molecule has 0 radical (unpaired) electrons. The number of hydrogen-bond acceptors (Lipinski definition) is 2. The number of rotatable bonds is 6. The Balaban J connectivity index is 1.55. The molecule has 0 unspecified atom stereocenters. The molecule has 0 bridgehead atoms. The van der Waals surface area contributed by atoms with Crippen LogP contribution in [0.15, 0.2) is 54.6 Å². The molecule has 0 aliphatic rings. The van der Waals surface area contributed by atoms with Gasteiger partial charge in [-0.1, -0.05) is 42.5 Å². The van der Waals surface area contributed by atoms with Gasteiger partial charge in [0.1, 0.15) is 5.82 Å². The van der Waals surface area contributed by atoms with Gasteiger partial charge in [0.15, 0.2) is 0 Å². The van der Waals surface area contributed by atoms with Gasteiger partial charge in [0.2, 0.25) is 0 Å². The Kier molecular flexibility index (Phi) is 5.86. The molecule has 0 aliphatic heterocycles. The van der Waals surface area contributed by atoms with E-state index in [0.29, 0.717) is 19.6 Å². The number of aromatic nitrogens is 2. The topological polar surface area (TPSA) is 59.0 Å². The van der Waals surface area contributed by atoms with Crippen LogP contribution in [0.3, 0.4) is 0 Å². The van der Waals surface area contributed by atoms with Crippen LogP contribution in [0.4, 0.5) is 9.18 Å². The van der Waals surface area contributed by atoms with Crippen molar-refractivity contribution in [3.05, 3.63) is 88.5 Å². The first-order valence-corrected chi connectivity index (χ1v) is 8.86. The second-order valence-corrected chi connectivity index (χ2v) is 6.46. The van der Waals surface area contributed by atoms with Gasteiger partial charge in [-0.15, -0.1) is 0 Å². The van der Waals surface area contributed by atoms with Gasteiger partial charge >= 0.3 is 6.03 Å². The average Bonchev–Trinajstić information content (AvgIpc) is 2.93. The smallest absolute Gasteiger partial charge is 0.315 e. The molecule has 2 N–H and O–H groups in total. The summed E-state index contributed by atoms with van der Waals surface area (Å²) in [7, 11) is 0. The average molecular weight is 366 g/mol. The molecule has 2 aromatic carbocycles. The normalized spacial score (nSPS) is 10.6. The molecule has 27 heavy (non-hydrogen) atoms. The Labute approximate surface area is 158 Å². The van der Waals surface area contributed by atoms with E-state index in [1.54, 1.807) is 12.1 Å². The summed E-state index contributed by atoms with van der Waals surface area (Å²) in [5.41, 5.74) is 4.98. The number of halogens is 1. The molecule has 2 amide bonds. The molecule has 1 heterocycles. The highest BCUT2D eigenvalue weighted by Gasteiger charge is 2.12. The van der Waals surface area contributed by atoms with E-state index in [2.05, 4.69) is 27.9 Å². The number of carbonyl (C=O) groups excluding carboxylic acids is 1. The highest BCUT2D eigenvalue weighted by molar-refractivity contribution is 5.73. The number of urea groups is 1. The molecule has 3 rings (SSSR count). The van der Waals surface area contributed by atoms with Crippen molar-refractivity contribution in [2.24, 2.45) is 0 Å². The van der Waals surface area contributed by atoms with Crippen LogP contribution < -0.4 is 10.6 Å². The standard InChI is InChI=1S/C21H23FN4O/c1-15-20(16(2)26(25-15)14-18-6-4-3-5-7-18)13-24-21(27)23-12-17-8-10-19(22)11-9-17/h3-11H,12-14H2,1-2H3,(H2,23,24,27). The summed E-state index contributed by atoms with van der Waals surface area (Å²) in [5, 5.41) is 10.2. The third-order valence-corrected chi connectivity index (χ3v) is 4.50. The van der Waals surface area contributed by atoms with Crippen LogP contribution in [0.1, 0.15) is 28.1 Å². The minimum absolute atomic E-state index is 0.270. The van der Waals surface area contributed by atoms with Crippen molar-refractivity contribution in [2.45, 2.75) is 33.5 Å². The molecule has 140 valence electrons. The highest BCUT2D eigenvalue weighted by atomic mass is 19.1. The fourth-order valence-electron chi connectivity index (χ4n) is 2.92. The van der Waals surface area contributed by atoms with Crippen LogP contribution in [0.2, 0.25) is 0 Å². The van der Waals surface area contributed by atoms with E-state index >= 15 is 0 Å². The predicted molar refractivity (Wildman–Crippen MR) is 103 cm³/mol. The molecule has 5 nitrogen and oxygen atoms in total. The number of amides is 2. The van der Waals surface area contributed by atoms with E-state index in [0.717, 1.165) is 22.5 Å². The van der Waals surface area contributed by atoms with Crippen molar-refractivity contribution >= 4 is 6.03 Å². The SMILES string of the molecule is Cc1nn(Cc2ccccc2)c(C)c1CNC(=O)NCc1ccc(F)cc1. The van der Waals surface area contributed by atoms with Crippen LogP contribution in [0, 0.1) is 19.7 Å². The van der Waals surface area contributed by atoms with E-state index in [1.165, 1.54) is 17.7 Å². The maximum absolute atomic E-state index is 12.9. The predicted octanol–water partition coefficient (Wildman–Crippen LogP) is 3.69. The molecule has 1 aromatic heterocycles. The number of carbonyl (C=O) groups is 1. The fraction of sp³-hybridized carbons (Fsp3) is 0.238. The van der Waals surface area contributed by atoms with Gasteiger partial charge < -0.3 is 10.6 Å². The molecule has 6 heteroatoms. The Hall–Kier alpha value is -3.15. The van der Waals surface area contributed by atoms with Gasteiger partial charge in [-0.2, -0.15) is 5.10 Å². The van der Waals surface area contributed by atoms with Crippen LogP contribution in [-0.4, -0.2) is 15.8 Å². The zero-order valence-electron chi connectivity index (χ0n) is 15.5. The molecule has 0 spiro atoms. The minimum Gasteiger partial charge on any atom is -0.334 e. The van der Waals surface area contributed by atoms with Gasteiger partial charge in [-0.25, -0.2) is 9.18 Å². The van der Waals surface area contributed by atoms with E-state index in [4.69, 9.17) is 0 Å². The second kappa shape index (κ2) is 8.49. The van der Waals surface area contributed by atoms with Crippen LogP contribution in [0.5, 0.6) is 0 Å². The van der Waals surface area contributed by atoms with Crippen molar-refractivity contribution in [2.75, 3.05) is 0 Å². The summed E-state index contributed by atoms with van der Waals surface area (Å²) in [6.45, 7) is 5.40. The Morgan fingerprint density at radius 2 is 1.63 bits per heavy atom. The first kappa shape index (κ1) is 18.6. The van der Waals surface area contributed by atoms with Gasteiger partial charge in [-0.05, 0) is 37.1 Å². The highest BCUT2D eigenvalue weighted by Crippen LogP contribution is 2.14. The molecular weight excluding hydrogens is 343 g/mol. The summed E-state index contributed by atoms with van der Waals surface area (Å²) in [5.74, 6) is -0.290. The van der Waals surface area contributed by atoms with Crippen molar-refractivity contribution in [3.63, 3.8) is 0 Å². The molecule has 0 aliphatic carbocycles. The summed E-state index contributed by atoms with van der Waals surface area (Å²) >= 11 is 0. The first-order valence-electron chi connectivity index (χ1n) is 8.86. The third-order valence-electron chi connectivity index (χ3n) is 4.50.